The monoisotopic (exact) mass is 345 g/mol. The van der Waals surface area contributed by atoms with Crippen LogP contribution in [0.5, 0.6) is 0 Å². The molecule has 0 spiro atoms. The molecular formula is C17H26F3N3O. The summed E-state index contributed by atoms with van der Waals surface area (Å²) in [5.41, 5.74) is 5.67. The smallest absolute Gasteiger partial charge is 0.354 e. The first-order valence-electron chi connectivity index (χ1n) is 8.12. The highest BCUT2D eigenvalue weighted by Gasteiger charge is 2.30. The van der Waals surface area contributed by atoms with Gasteiger partial charge in [0.25, 0.3) is 0 Å². The fourth-order valence-corrected chi connectivity index (χ4v) is 2.59. The van der Waals surface area contributed by atoms with Crippen molar-refractivity contribution in [1.82, 2.24) is 10.2 Å². The molecule has 7 heteroatoms. The van der Waals surface area contributed by atoms with Crippen LogP contribution in [0.25, 0.3) is 0 Å². The van der Waals surface area contributed by atoms with Gasteiger partial charge < -0.3 is 11.1 Å². The van der Waals surface area contributed by atoms with E-state index in [9.17, 15) is 18.0 Å². The molecule has 0 radical (unpaired) electrons. The number of nitrogens with two attached hydrogens (primary N) is 1. The molecule has 0 aromatic heterocycles. The Kier molecular flexibility index (Phi) is 7.69. The van der Waals surface area contributed by atoms with Crippen molar-refractivity contribution in [3.8, 4) is 0 Å². The molecule has 2 unspecified atom stereocenters. The molecule has 0 bridgehead atoms. The van der Waals surface area contributed by atoms with Crippen molar-refractivity contribution in [2.24, 2.45) is 5.73 Å². The second-order valence-electron chi connectivity index (χ2n) is 5.84. The van der Waals surface area contributed by atoms with Gasteiger partial charge in [-0.05, 0) is 37.7 Å². The van der Waals surface area contributed by atoms with Gasteiger partial charge in [-0.1, -0.05) is 26.0 Å². The van der Waals surface area contributed by atoms with Crippen molar-refractivity contribution in [3.63, 3.8) is 0 Å². The van der Waals surface area contributed by atoms with Crippen molar-refractivity contribution in [2.45, 2.75) is 45.5 Å². The van der Waals surface area contributed by atoms with Crippen molar-refractivity contribution >= 4 is 5.91 Å². The average molecular weight is 345 g/mol. The largest absolute Gasteiger partial charge is 0.416 e. The number of benzene rings is 1. The fourth-order valence-electron chi connectivity index (χ4n) is 2.59. The topological polar surface area (TPSA) is 58.4 Å². The molecule has 1 rings (SSSR count). The minimum absolute atomic E-state index is 0.158. The van der Waals surface area contributed by atoms with Crippen LogP contribution in [0.1, 0.15) is 44.4 Å². The number of nitrogens with zero attached hydrogens (tertiary/aromatic N) is 1. The number of carbonyl (C=O) groups excluding carboxylic acids is 1. The summed E-state index contributed by atoms with van der Waals surface area (Å²) in [5, 5.41) is 2.82. The van der Waals surface area contributed by atoms with E-state index in [1.807, 2.05) is 13.8 Å². The zero-order chi connectivity index (χ0) is 18.3. The van der Waals surface area contributed by atoms with E-state index >= 15 is 0 Å². The maximum Gasteiger partial charge on any atom is 0.416 e. The summed E-state index contributed by atoms with van der Waals surface area (Å²) >= 11 is 0. The standard InChI is InChI=1S/C17H26F3N3O/c1-4-23(5-2)15(11-22-16(24)10-12(3)21)13-6-8-14(9-7-13)17(18,19)20/h6-9,12,15H,4-5,10-11,21H2,1-3H3,(H,22,24). The molecule has 1 aromatic rings. The Labute approximate surface area is 141 Å². The molecule has 0 aliphatic carbocycles. The predicted molar refractivity (Wildman–Crippen MR) is 88.4 cm³/mol. The van der Waals surface area contributed by atoms with Gasteiger partial charge in [0, 0.05) is 19.0 Å². The SMILES string of the molecule is CCN(CC)C(CNC(=O)CC(C)N)c1ccc(C(F)(F)F)cc1. The Balaban J connectivity index is 2.91. The molecule has 4 nitrogen and oxygen atoms in total. The third-order valence-electron chi connectivity index (χ3n) is 3.88. The van der Waals surface area contributed by atoms with Gasteiger partial charge in [-0.25, -0.2) is 0 Å². The Morgan fingerprint density at radius 1 is 1.21 bits per heavy atom. The quantitative estimate of drug-likeness (QED) is 0.762. The van der Waals surface area contributed by atoms with Crippen LogP contribution >= 0.6 is 0 Å². The highest BCUT2D eigenvalue weighted by molar-refractivity contribution is 5.76. The molecule has 1 amide bonds. The molecule has 0 fully saturated rings. The zero-order valence-corrected chi connectivity index (χ0v) is 14.4. The van der Waals surface area contributed by atoms with Gasteiger partial charge in [0.05, 0.1) is 11.6 Å². The second kappa shape index (κ2) is 9.03. The number of halogens is 3. The third kappa shape index (κ3) is 6.13. The number of carbonyl (C=O) groups is 1. The summed E-state index contributed by atoms with van der Waals surface area (Å²) in [6.45, 7) is 7.49. The molecular weight excluding hydrogens is 319 g/mol. The first-order valence-corrected chi connectivity index (χ1v) is 8.12. The Bertz CT molecular complexity index is 511. The van der Waals surface area contributed by atoms with Gasteiger partial charge >= 0.3 is 6.18 Å². The van der Waals surface area contributed by atoms with E-state index < -0.39 is 11.7 Å². The number of alkyl halides is 3. The van der Waals surface area contributed by atoms with Gasteiger partial charge in [-0.3, -0.25) is 9.69 Å². The number of rotatable bonds is 8. The molecule has 24 heavy (non-hydrogen) atoms. The van der Waals surface area contributed by atoms with Gasteiger partial charge in [0.2, 0.25) is 5.91 Å². The van der Waals surface area contributed by atoms with Crippen LogP contribution in [0.4, 0.5) is 13.2 Å². The maximum atomic E-state index is 12.7. The number of likely N-dealkylation sites (N-methyl/N-ethyl adjacent to an activating group) is 1. The number of amides is 1. The summed E-state index contributed by atoms with van der Waals surface area (Å²) < 4.78 is 38.1. The summed E-state index contributed by atoms with van der Waals surface area (Å²) in [6.07, 6.45) is -4.13. The van der Waals surface area contributed by atoms with Crippen LogP contribution < -0.4 is 11.1 Å². The van der Waals surface area contributed by atoms with Crippen LogP contribution in [-0.4, -0.2) is 36.5 Å². The molecule has 0 aliphatic rings. The van der Waals surface area contributed by atoms with Crippen molar-refractivity contribution in [3.05, 3.63) is 35.4 Å². The van der Waals surface area contributed by atoms with E-state index in [1.165, 1.54) is 12.1 Å². The third-order valence-corrected chi connectivity index (χ3v) is 3.88. The lowest BCUT2D eigenvalue weighted by Gasteiger charge is -2.30. The molecule has 0 saturated carbocycles. The van der Waals surface area contributed by atoms with Crippen molar-refractivity contribution in [1.29, 1.82) is 0 Å². The number of hydrogen-bond acceptors (Lipinski definition) is 3. The summed E-state index contributed by atoms with van der Waals surface area (Å²) in [4.78, 5) is 13.9. The Morgan fingerprint density at radius 3 is 2.17 bits per heavy atom. The van der Waals surface area contributed by atoms with Gasteiger partial charge in [0.1, 0.15) is 0 Å². The summed E-state index contributed by atoms with van der Waals surface area (Å²) in [5.74, 6) is -0.158. The summed E-state index contributed by atoms with van der Waals surface area (Å²) in [6, 6.07) is 4.69. The normalized spacial score (nSPS) is 14.5. The Morgan fingerprint density at radius 2 is 1.75 bits per heavy atom. The lowest BCUT2D eigenvalue weighted by Crippen LogP contribution is -2.39. The Hall–Kier alpha value is -1.60. The van der Waals surface area contributed by atoms with E-state index in [-0.39, 0.29) is 24.4 Å². The molecule has 0 aliphatic heterocycles. The van der Waals surface area contributed by atoms with Crippen LogP contribution in [0.3, 0.4) is 0 Å². The number of hydrogen-bond donors (Lipinski definition) is 2. The van der Waals surface area contributed by atoms with E-state index in [1.54, 1.807) is 6.92 Å². The van der Waals surface area contributed by atoms with Crippen molar-refractivity contribution < 1.29 is 18.0 Å². The van der Waals surface area contributed by atoms with E-state index in [2.05, 4.69) is 10.2 Å². The first-order chi connectivity index (χ1) is 11.2. The molecule has 3 N–H and O–H groups in total. The predicted octanol–water partition coefficient (Wildman–Crippen LogP) is 2.94. The highest BCUT2D eigenvalue weighted by atomic mass is 19.4. The van der Waals surface area contributed by atoms with Crippen molar-refractivity contribution in [2.75, 3.05) is 19.6 Å². The van der Waals surface area contributed by atoms with E-state index in [0.29, 0.717) is 6.54 Å². The van der Waals surface area contributed by atoms with Gasteiger partial charge in [-0.2, -0.15) is 13.2 Å². The molecule has 136 valence electrons. The van der Waals surface area contributed by atoms with E-state index in [4.69, 9.17) is 5.73 Å². The highest BCUT2D eigenvalue weighted by Crippen LogP contribution is 2.30. The zero-order valence-electron chi connectivity index (χ0n) is 14.4. The average Bonchev–Trinajstić information content (AvgIpc) is 2.50. The van der Waals surface area contributed by atoms with Crippen LogP contribution in [-0.2, 0) is 11.0 Å². The molecule has 0 saturated heterocycles. The second-order valence-corrected chi connectivity index (χ2v) is 5.84. The summed E-state index contributed by atoms with van der Waals surface area (Å²) in [7, 11) is 0. The first kappa shape index (κ1) is 20.4. The minimum Gasteiger partial charge on any atom is -0.354 e. The van der Waals surface area contributed by atoms with Crippen LogP contribution in [0, 0.1) is 0 Å². The lowest BCUT2D eigenvalue weighted by atomic mass is 10.0. The van der Waals surface area contributed by atoms with Gasteiger partial charge in [0.15, 0.2) is 0 Å². The lowest BCUT2D eigenvalue weighted by molar-refractivity contribution is -0.137. The molecule has 1 aromatic carbocycles. The van der Waals surface area contributed by atoms with E-state index in [0.717, 1.165) is 30.8 Å². The van der Waals surface area contributed by atoms with Crippen LogP contribution in [0.15, 0.2) is 24.3 Å². The maximum absolute atomic E-state index is 12.7. The minimum atomic E-state index is -4.35. The molecule has 0 heterocycles. The fraction of sp³-hybridized carbons (Fsp3) is 0.588. The number of nitrogens with one attached hydrogen (secondary N) is 1. The molecule has 2 atom stereocenters. The van der Waals surface area contributed by atoms with Crippen LogP contribution in [0.2, 0.25) is 0 Å². The van der Waals surface area contributed by atoms with Gasteiger partial charge in [-0.15, -0.1) is 0 Å².